The highest BCUT2D eigenvalue weighted by Gasteiger charge is 2.13. The quantitative estimate of drug-likeness (QED) is 0.757. The minimum atomic E-state index is -0.713. The molecule has 0 aliphatic carbocycles. The SMILES string of the molecule is Fc1ccc(Br)c(F)c1CNc1cccc(Cl)c1F. The summed E-state index contributed by atoms with van der Waals surface area (Å²) in [4.78, 5) is 0. The molecule has 19 heavy (non-hydrogen) atoms. The highest BCUT2D eigenvalue weighted by atomic mass is 79.9. The average Bonchev–Trinajstić information content (AvgIpc) is 2.39. The zero-order valence-corrected chi connectivity index (χ0v) is 11.8. The Hall–Kier alpha value is -1.20. The van der Waals surface area contributed by atoms with E-state index in [9.17, 15) is 13.2 Å². The summed E-state index contributed by atoms with van der Waals surface area (Å²) in [6, 6.07) is 6.78. The van der Waals surface area contributed by atoms with Crippen LogP contribution in [0, 0.1) is 17.5 Å². The van der Waals surface area contributed by atoms with Crippen LogP contribution >= 0.6 is 27.5 Å². The zero-order valence-electron chi connectivity index (χ0n) is 9.48. The van der Waals surface area contributed by atoms with Crippen molar-refractivity contribution in [3.63, 3.8) is 0 Å². The van der Waals surface area contributed by atoms with Gasteiger partial charge in [-0.15, -0.1) is 0 Å². The first-order chi connectivity index (χ1) is 9.00. The lowest BCUT2D eigenvalue weighted by atomic mass is 10.2. The molecule has 0 heterocycles. The summed E-state index contributed by atoms with van der Waals surface area (Å²) in [6.45, 7) is -0.186. The third-order valence-corrected chi connectivity index (χ3v) is 3.45. The van der Waals surface area contributed by atoms with Gasteiger partial charge in [0.05, 0.1) is 15.2 Å². The molecule has 0 saturated carbocycles. The third kappa shape index (κ3) is 3.04. The lowest BCUT2D eigenvalue weighted by Gasteiger charge is -2.10. The molecule has 6 heteroatoms. The van der Waals surface area contributed by atoms with E-state index in [0.29, 0.717) is 0 Å². The first-order valence-electron chi connectivity index (χ1n) is 5.31. The molecule has 0 unspecified atom stereocenters. The van der Waals surface area contributed by atoms with Crippen LogP contribution in [-0.4, -0.2) is 0 Å². The number of rotatable bonds is 3. The molecule has 0 aromatic heterocycles. The van der Waals surface area contributed by atoms with Crippen LogP contribution in [0.2, 0.25) is 5.02 Å². The summed E-state index contributed by atoms with van der Waals surface area (Å²) in [7, 11) is 0. The van der Waals surface area contributed by atoms with Gasteiger partial charge < -0.3 is 5.32 Å². The van der Waals surface area contributed by atoms with Gasteiger partial charge in [-0.05, 0) is 40.2 Å². The molecular weight excluding hydrogens is 343 g/mol. The van der Waals surface area contributed by atoms with Crippen molar-refractivity contribution in [2.24, 2.45) is 0 Å². The molecule has 2 rings (SSSR count). The highest BCUT2D eigenvalue weighted by molar-refractivity contribution is 9.10. The Morgan fingerprint density at radius 2 is 1.79 bits per heavy atom. The van der Waals surface area contributed by atoms with E-state index in [1.165, 1.54) is 18.2 Å². The van der Waals surface area contributed by atoms with Crippen molar-refractivity contribution < 1.29 is 13.2 Å². The largest absolute Gasteiger partial charge is 0.378 e. The molecule has 0 saturated heterocycles. The minimum absolute atomic E-state index is 0.0554. The van der Waals surface area contributed by atoms with E-state index in [0.717, 1.165) is 6.07 Å². The van der Waals surface area contributed by atoms with E-state index in [-0.39, 0.29) is 27.3 Å². The van der Waals surface area contributed by atoms with Crippen molar-refractivity contribution in [1.82, 2.24) is 0 Å². The van der Waals surface area contributed by atoms with Gasteiger partial charge in [0.1, 0.15) is 11.6 Å². The number of halogens is 5. The van der Waals surface area contributed by atoms with Gasteiger partial charge in [-0.1, -0.05) is 17.7 Å². The summed E-state index contributed by atoms with van der Waals surface area (Å²) >= 11 is 8.58. The van der Waals surface area contributed by atoms with Crippen molar-refractivity contribution in [3.05, 3.63) is 62.8 Å². The van der Waals surface area contributed by atoms with Gasteiger partial charge in [-0.2, -0.15) is 0 Å². The Bertz CT molecular complexity index is 619. The van der Waals surface area contributed by atoms with Gasteiger partial charge >= 0.3 is 0 Å². The highest BCUT2D eigenvalue weighted by Crippen LogP contribution is 2.25. The Morgan fingerprint density at radius 1 is 1.05 bits per heavy atom. The first-order valence-corrected chi connectivity index (χ1v) is 6.48. The first kappa shape index (κ1) is 14.2. The smallest absolute Gasteiger partial charge is 0.164 e. The van der Waals surface area contributed by atoms with Gasteiger partial charge in [-0.3, -0.25) is 0 Å². The van der Waals surface area contributed by atoms with Crippen LogP contribution in [0.15, 0.2) is 34.8 Å². The lowest BCUT2D eigenvalue weighted by Crippen LogP contribution is -2.06. The Morgan fingerprint density at radius 3 is 2.53 bits per heavy atom. The predicted molar refractivity (Wildman–Crippen MR) is 72.8 cm³/mol. The van der Waals surface area contributed by atoms with Gasteiger partial charge in [0.25, 0.3) is 0 Å². The Labute approximate surface area is 121 Å². The molecule has 2 aromatic rings. The number of benzene rings is 2. The van der Waals surface area contributed by atoms with E-state index in [2.05, 4.69) is 21.2 Å². The molecule has 0 amide bonds. The summed E-state index contributed by atoms with van der Waals surface area (Å²) in [5.41, 5.74) is -0.0833. The molecule has 0 atom stereocenters. The molecule has 1 nitrogen and oxygen atoms in total. The zero-order chi connectivity index (χ0) is 14.0. The number of anilines is 1. The maximum Gasteiger partial charge on any atom is 0.164 e. The fraction of sp³-hybridized carbons (Fsp3) is 0.0769. The van der Waals surface area contributed by atoms with Gasteiger partial charge in [0.2, 0.25) is 0 Å². The van der Waals surface area contributed by atoms with Crippen LogP contribution in [0.3, 0.4) is 0 Å². The fourth-order valence-corrected chi connectivity index (χ4v) is 2.10. The predicted octanol–water partition coefficient (Wildman–Crippen LogP) is 5.13. The van der Waals surface area contributed by atoms with Crippen LogP contribution in [0.25, 0.3) is 0 Å². The van der Waals surface area contributed by atoms with Gasteiger partial charge in [-0.25, -0.2) is 13.2 Å². The Kier molecular flexibility index (Phi) is 4.37. The summed E-state index contributed by atoms with van der Waals surface area (Å²) in [5.74, 6) is -2.06. The van der Waals surface area contributed by atoms with Crippen LogP contribution in [0.5, 0.6) is 0 Å². The monoisotopic (exact) mass is 349 g/mol. The Balaban J connectivity index is 2.24. The maximum absolute atomic E-state index is 13.7. The van der Waals surface area contributed by atoms with Gasteiger partial charge in [0.15, 0.2) is 5.82 Å². The molecule has 0 aliphatic heterocycles. The van der Waals surface area contributed by atoms with E-state index in [4.69, 9.17) is 11.6 Å². The van der Waals surface area contributed by atoms with Crippen molar-refractivity contribution in [3.8, 4) is 0 Å². The molecule has 100 valence electrons. The molecule has 0 bridgehead atoms. The van der Waals surface area contributed by atoms with E-state index < -0.39 is 17.5 Å². The number of hydrogen-bond acceptors (Lipinski definition) is 1. The molecular formula is C13H8BrClF3N. The number of hydrogen-bond donors (Lipinski definition) is 1. The molecule has 0 spiro atoms. The molecule has 0 fully saturated rings. The molecule has 0 radical (unpaired) electrons. The van der Waals surface area contributed by atoms with Crippen LogP contribution in [-0.2, 0) is 6.54 Å². The van der Waals surface area contributed by atoms with Gasteiger partial charge in [0, 0.05) is 12.1 Å². The van der Waals surface area contributed by atoms with Crippen molar-refractivity contribution >= 4 is 33.2 Å². The maximum atomic E-state index is 13.7. The lowest BCUT2D eigenvalue weighted by molar-refractivity contribution is 0.555. The fourth-order valence-electron chi connectivity index (χ4n) is 1.56. The molecule has 0 aliphatic rings. The third-order valence-electron chi connectivity index (χ3n) is 2.55. The van der Waals surface area contributed by atoms with Crippen molar-refractivity contribution in [2.45, 2.75) is 6.54 Å². The number of nitrogens with one attached hydrogen (secondary N) is 1. The summed E-state index contributed by atoms with van der Waals surface area (Å²) in [5, 5.41) is 2.56. The van der Waals surface area contributed by atoms with Crippen LogP contribution in [0.4, 0.5) is 18.9 Å². The van der Waals surface area contributed by atoms with E-state index >= 15 is 0 Å². The van der Waals surface area contributed by atoms with Crippen LogP contribution in [0.1, 0.15) is 5.56 Å². The summed E-state index contributed by atoms with van der Waals surface area (Å²) in [6.07, 6.45) is 0. The topological polar surface area (TPSA) is 12.0 Å². The average molecular weight is 351 g/mol. The molecule has 1 N–H and O–H groups in total. The van der Waals surface area contributed by atoms with Crippen molar-refractivity contribution in [2.75, 3.05) is 5.32 Å². The van der Waals surface area contributed by atoms with Crippen molar-refractivity contribution in [1.29, 1.82) is 0 Å². The second-order valence-electron chi connectivity index (χ2n) is 3.78. The van der Waals surface area contributed by atoms with Crippen LogP contribution < -0.4 is 5.32 Å². The summed E-state index contributed by atoms with van der Waals surface area (Å²) < 4.78 is 40.9. The second-order valence-corrected chi connectivity index (χ2v) is 5.04. The molecule has 2 aromatic carbocycles. The van der Waals surface area contributed by atoms with E-state index in [1.807, 2.05) is 0 Å². The normalized spacial score (nSPS) is 10.6. The second kappa shape index (κ2) is 5.84. The minimum Gasteiger partial charge on any atom is -0.378 e. The standard InChI is InChI=1S/C13H8BrClF3N/c14-8-4-5-10(16)7(12(8)17)6-19-11-3-1-2-9(15)13(11)18/h1-5,19H,6H2. The van der Waals surface area contributed by atoms with E-state index in [1.54, 1.807) is 6.07 Å².